The van der Waals surface area contributed by atoms with Gasteiger partial charge in [0.05, 0.1) is 12.7 Å². The summed E-state index contributed by atoms with van der Waals surface area (Å²) in [4.78, 5) is 17.8. The number of nitrogens with zero attached hydrogens (tertiary/aromatic N) is 2. The number of hydrogen-bond donors (Lipinski definition) is 2. The Morgan fingerprint density at radius 1 is 1.42 bits per heavy atom. The first-order chi connectivity index (χ1) is 12.5. The number of carbonyl (C=O) groups excluding carboxylic acids is 1. The molecule has 1 heterocycles. The molecule has 3 N–H and O–H groups in total. The van der Waals surface area contributed by atoms with Crippen LogP contribution in [0.15, 0.2) is 29.3 Å². The fourth-order valence-electron chi connectivity index (χ4n) is 3.31. The lowest BCUT2D eigenvalue weighted by atomic mass is 9.95. The highest BCUT2D eigenvalue weighted by Gasteiger charge is 2.23. The second-order valence-electron chi connectivity index (χ2n) is 7.21. The van der Waals surface area contributed by atoms with Gasteiger partial charge in [-0.05, 0) is 43.7 Å². The number of aliphatic imine (C=N–C) groups is 1. The van der Waals surface area contributed by atoms with E-state index in [1.807, 2.05) is 13.8 Å². The molecule has 1 aromatic carbocycles. The van der Waals surface area contributed by atoms with Crippen molar-refractivity contribution in [2.75, 3.05) is 20.1 Å². The van der Waals surface area contributed by atoms with Gasteiger partial charge in [0.25, 0.3) is 0 Å². The van der Waals surface area contributed by atoms with E-state index in [4.69, 9.17) is 10.5 Å². The molecular formula is C20H32N4O2. The number of likely N-dealkylation sites (tertiary alicyclic amines) is 1. The van der Waals surface area contributed by atoms with Crippen molar-refractivity contribution in [3.05, 3.63) is 35.4 Å². The number of amides is 1. The fourth-order valence-corrected chi connectivity index (χ4v) is 3.31. The number of piperidine rings is 1. The molecular weight excluding hydrogens is 328 g/mol. The standard InChI is InChI=1S/C20H32N4O2/c1-15(2)26-14-18-7-4-6-16(10-18)12-23-20(22-3)24-9-5-8-17(13-24)11-19(21)25/h4,6-7,10,15,17H,5,8-9,11-14H2,1-3H3,(H2,21,25)(H,22,23). The number of hydrogen-bond acceptors (Lipinski definition) is 3. The summed E-state index contributed by atoms with van der Waals surface area (Å²) in [7, 11) is 1.80. The highest BCUT2D eigenvalue weighted by molar-refractivity contribution is 5.80. The number of rotatable bonds is 7. The van der Waals surface area contributed by atoms with Crippen LogP contribution in [0.2, 0.25) is 0 Å². The molecule has 2 rings (SSSR count). The predicted octanol–water partition coefficient (Wildman–Crippen LogP) is 2.27. The fraction of sp³-hybridized carbons (Fsp3) is 0.600. The Bertz CT molecular complexity index is 616. The van der Waals surface area contributed by atoms with E-state index in [9.17, 15) is 4.79 Å². The molecule has 0 aromatic heterocycles. The average Bonchev–Trinajstić information content (AvgIpc) is 2.61. The normalized spacial score (nSPS) is 18.2. The van der Waals surface area contributed by atoms with Gasteiger partial charge in [0.2, 0.25) is 5.91 Å². The van der Waals surface area contributed by atoms with Gasteiger partial charge >= 0.3 is 0 Å². The van der Waals surface area contributed by atoms with Crippen molar-refractivity contribution in [2.45, 2.75) is 52.4 Å². The van der Waals surface area contributed by atoms with Crippen LogP contribution >= 0.6 is 0 Å². The zero-order chi connectivity index (χ0) is 18.9. The number of nitrogens with one attached hydrogen (secondary N) is 1. The van der Waals surface area contributed by atoms with Crippen molar-refractivity contribution >= 4 is 11.9 Å². The molecule has 144 valence electrons. The maximum atomic E-state index is 11.2. The lowest BCUT2D eigenvalue weighted by Crippen LogP contribution is -2.46. The summed E-state index contributed by atoms with van der Waals surface area (Å²) in [5.74, 6) is 0.972. The second-order valence-corrected chi connectivity index (χ2v) is 7.21. The van der Waals surface area contributed by atoms with Gasteiger partial charge in [0.15, 0.2) is 5.96 Å². The van der Waals surface area contributed by atoms with Crippen molar-refractivity contribution in [2.24, 2.45) is 16.6 Å². The van der Waals surface area contributed by atoms with Gasteiger partial charge in [-0.1, -0.05) is 24.3 Å². The largest absolute Gasteiger partial charge is 0.374 e. The zero-order valence-corrected chi connectivity index (χ0v) is 16.2. The SMILES string of the molecule is CN=C(NCc1cccc(COC(C)C)c1)N1CCCC(CC(N)=O)C1. The van der Waals surface area contributed by atoms with Crippen LogP contribution in [0.4, 0.5) is 0 Å². The molecule has 1 saturated heterocycles. The van der Waals surface area contributed by atoms with Gasteiger partial charge < -0.3 is 20.7 Å². The van der Waals surface area contributed by atoms with E-state index in [1.54, 1.807) is 7.05 Å². The van der Waals surface area contributed by atoms with Gasteiger partial charge in [0, 0.05) is 33.1 Å². The first-order valence-electron chi connectivity index (χ1n) is 9.41. The van der Waals surface area contributed by atoms with Crippen LogP contribution in [0.5, 0.6) is 0 Å². The molecule has 0 spiro atoms. The van der Waals surface area contributed by atoms with Gasteiger partial charge in [-0.25, -0.2) is 0 Å². The lowest BCUT2D eigenvalue weighted by molar-refractivity contribution is -0.119. The van der Waals surface area contributed by atoms with E-state index in [0.29, 0.717) is 25.5 Å². The van der Waals surface area contributed by atoms with E-state index in [2.05, 4.69) is 39.5 Å². The van der Waals surface area contributed by atoms with Gasteiger partial charge in [0.1, 0.15) is 0 Å². The molecule has 0 aliphatic carbocycles. The van der Waals surface area contributed by atoms with Crippen LogP contribution in [0.25, 0.3) is 0 Å². The van der Waals surface area contributed by atoms with Crippen LogP contribution in [0.3, 0.4) is 0 Å². The molecule has 0 radical (unpaired) electrons. The van der Waals surface area contributed by atoms with E-state index in [0.717, 1.165) is 31.9 Å². The molecule has 1 unspecified atom stereocenters. The Morgan fingerprint density at radius 3 is 2.88 bits per heavy atom. The first-order valence-corrected chi connectivity index (χ1v) is 9.41. The number of guanidine groups is 1. The quantitative estimate of drug-likeness (QED) is 0.577. The Morgan fingerprint density at radius 2 is 2.19 bits per heavy atom. The Balaban J connectivity index is 1.90. The molecule has 1 atom stereocenters. The zero-order valence-electron chi connectivity index (χ0n) is 16.2. The number of benzene rings is 1. The molecule has 0 saturated carbocycles. The van der Waals surface area contributed by atoms with Crippen molar-refractivity contribution in [3.8, 4) is 0 Å². The van der Waals surface area contributed by atoms with Crippen molar-refractivity contribution in [1.82, 2.24) is 10.2 Å². The Hall–Kier alpha value is -2.08. The summed E-state index contributed by atoms with van der Waals surface area (Å²) in [5, 5.41) is 3.44. The third-order valence-corrected chi connectivity index (χ3v) is 4.55. The number of nitrogens with two attached hydrogens (primary N) is 1. The number of carbonyl (C=O) groups is 1. The van der Waals surface area contributed by atoms with Crippen LogP contribution in [0.1, 0.15) is 44.2 Å². The van der Waals surface area contributed by atoms with Crippen LogP contribution in [-0.2, 0) is 22.7 Å². The Labute approximate surface area is 156 Å². The molecule has 6 nitrogen and oxygen atoms in total. The lowest BCUT2D eigenvalue weighted by Gasteiger charge is -2.34. The predicted molar refractivity (Wildman–Crippen MR) is 105 cm³/mol. The third kappa shape index (κ3) is 6.67. The Kier molecular flexibility index (Phi) is 7.91. The van der Waals surface area contributed by atoms with Crippen molar-refractivity contribution < 1.29 is 9.53 Å². The van der Waals surface area contributed by atoms with Crippen molar-refractivity contribution in [1.29, 1.82) is 0 Å². The molecule has 26 heavy (non-hydrogen) atoms. The van der Waals surface area contributed by atoms with Gasteiger partial charge in [-0.3, -0.25) is 9.79 Å². The van der Waals surface area contributed by atoms with Crippen LogP contribution in [-0.4, -0.2) is 43.0 Å². The average molecular weight is 361 g/mol. The molecule has 6 heteroatoms. The van der Waals surface area contributed by atoms with Crippen LogP contribution < -0.4 is 11.1 Å². The number of ether oxygens (including phenoxy) is 1. The summed E-state index contributed by atoms with van der Waals surface area (Å²) in [5.41, 5.74) is 7.73. The number of primary amides is 1. The summed E-state index contributed by atoms with van der Waals surface area (Å²) in [6, 6.07) is 8.41. The van der Waals surface area contributed by atoms with Crippen LogP contribution in [0, 0.1) is 5.92 Å². The highest BCUT2D eigenvalue weighted by Crippen LogP contribution is 2.19. The highest BCUT2D eigenvalue weighted by atomic mass is 16.5. The minimum atomic E-state index is -0.222. The molecule has 1 aliphatic rings. The van der Waals surface area contributed by atoms with E-state index >= 15 is 0 Å². The summed E-state index contributed by atoms with van der Waals surface area (Å²) >= 11 is 0. The molecule has 1 fully saturated rings. The van der Waals surface area contributed by atoms with Crippen molar-refractivity contribution in [3.63, 3.8) is 0 Å². The maximum Gasteiger partial charge on any atom is 0.217 e. The minimum absolute atomic E-state index is 0.222. The maximum absolute atomic E-state index is 11.2. The first kappa shape index (κ1) is 20.2. The van der Waals surface area contributed by atoms with Gasteiger partial charge in [-0.2, -0.15) is 0 Å². The van der Waals surface area contributed by atoms with E-state index in [1.165, 1.54) is 11.1 Å². The molecule has 1 aromatic rings. The third-order valence-electron chi connectivity index (χ3n) is 4.55. The monoisotopic (exact) mass is 360 g/mol. The van der Waals surface area contributed by atoms with E-state index in [-0.39, 0.29) is 12.0 Å². The smallest absolute Gasteiger partial charge is 0.217 e. The van der Waals surface area contributed by atoms with Gasteiger partial charge in [-0.15, -0.1) is 0 Å². The second kappa shape index (κ2) is 10.2. The summed E-state index contributed by atoms with van der Waals surface area (Å²) < 4.78 is 5.68. The molecule has 1 aliphatic heterocycles. The minimum Gasteiger partial charge on any atom is -0.374 e. The molecule has 0 bridgehead atoms. The van der Waals surface area contributed by atoms with E-state index < -0.39 is 0 Å². The summed E-state index contributed by atoms with van der Waals surface area (Å²) in [6.07, 6.45) is 2.78. The topological polar surface area (TPSA) is 80.0 Å². The summed E-state index contributed by atoms with van der Waals surface area (Å²) in [6.45, 7) is 7.20. The molecule has 1 amide bonds.